The number of ether oxygens (including phenoxy) is 3. The molecule has 0 aliphatic carbocycles. The van der Waals surface area contributed by atoms with Crippen molar-refractivity contribution in [2.75, 3.05) is 13.2 Å². The molecule has 0 aromatic heterocycles. The predicted octanol–water partition coefficient (Wildman–Crippen LogP) is 19.8. The molecule has 0 rings (SSSR count). The molecule has 1 unspecified atom stereocenters. The Hall–Kier alpha value is -1.59. The number of carbonyl (C=O) groups is 3. The maximum atomic E-state index is 12.8. The van der Waals surface area contributed by atoms with E-state index in [1.807, 2.05) is 0 Å². The Labute approximate surface area is 412 Å². The molecule has 392 valence electrons. The zero-order valence-corrected chi connectivity index (χ0v) is 45.2. The monoisotopic (exact) mass is 933 g/mol. The zero-order valence-electron chi connectivity index (χ0n) is 45.2. The van der Waals surface area contributed by atoms with Crippen molar-refractivity contribution in [3.63, 3.8) is 0 Å². The summed E-state index contributed by atoms with van der Waals surface area (Å²) in [5.74, 6) is 0.00854. The van der Waals surface area contributed by atoms with E-state index in [0.717, 1.165) is 63.7 Å². The van der Waals surface area contributed by atoms with Gasteiger partial charge in [0.1, 0.15) is 13.2 Å². The summed E-state index contributed by atoms with van der Waals surface area (Å²) in [6.45, 7) is 9.07. The van der Waals surface area contributed by atoms with Crippen LogP contribution in [0.3, 0.4) is 0 Å². The molecule has 0 radical (unpaired) electrons. The highest BCUT2D eigenvalue weighted by molar-refractivity contribution is 5.71. The van der Waals surface area contributed by atoms with Crippen LogP contribution in [-0.2, 0) is 28.6 Å². The first-order chi connectivity index (χ1) is 32.4. The predicted molar refractivity (Wildman–Crippen MR) is 284 cm³/mol. The lowest BCUT2D eigenvalue weighted by Gasteiger charge is -2.18. The van der Waals surface area contributed by atoms with E-state index < -0.39 is 6.10 Å². The lowest BCUT2D eigenvalue weighted by Crippen LogP contribution is -2.30. The minimum atomic E-state index is -0.763. The second-order valence-electron chi connectivity index (χ2n) is 20.9. The quantitative estimate of drug-likeness (QED) is 0.0343. The molecule has 2 atom stereocenters. The number of esters is 3. The van der Waals surface area contributed by atoms with Crippen LogP contribution in [0.5, 0.6) is 0 Å². The van der Waals surface area contributed by atoms with Crippen LogP contribution in [0.2, 0.25) is 0 Å². The molecule has 0 aliphatic heterocycles. The van der Waals surface area contributed by atoms with Crippen LogP contribution >= 0.6 is 0 Å². The fourth-order valence-corrected chi connectivity index (χ4v) is 9.25. The van der Waals surface area contributed by atoms with Crippen molar-refractivity contribution in [1.29, 1.82) is 0 Å². The third-order valence-electron chi connectivity index (χ3n) is 14.2. The summed E-state index contributed by atoms with van der Waals surface area (Å²) < 4.78 is 16.9. The third kappa shape index (κ3) is 51.8. The Morgan fingerprint density at radius 1 is 0.303 bits per heavy atom. The Morgan fingerprint density at radius 2 is 0.530 bits per heavy atom. The average Bonchev–Trinajstić information content (AvgIpc) is 3.32. The van der Waals surface area contributed by atoms with E-state index in [1.165, 1.54) is 238 Å². The molecule has 0 heterocycles. The van der Waals surface area contributed by atoms with Crippen LogP contribution in [0.25, 0.3) is 0 Å². The Bertz CT molecular complexity index is 998. The average molecular weight is 934 g/mol. The standard InChI is InChI=1S/C60H116O6/c1-5-8-10-12-14-16-18-20-22-24-25-27-29-31-33-35-40-44-48-52-59(62)65-55-57(66-60(63)53-49-45-41-37-36-38-42-46-50-56(4)7-3)54-64-58(61)51-47-43-39-34-32-30-28-26-23-21-19-17-15-13-11-9-6-2/h56-57H,5-55H2,1-4H3/t56?,57-/m1/s1. The fourth-order valence-electron chi connectivity index (χ4n) is 9.25. The third-order valence-corrected chi connectivity index (χ3v) is 14.2. The number of carbonyl (C=O) groups excluding carboxylic acids is 3. The van der Waals surface area contributed by atoms with Gasteiger partial charge in [-0.1, -0.05) is 304 Å². The van der Waals surface area contributed by atoms with Crippen molar-refractivity contribution in [1.82, 2.24) is 0 Å². The van der Waals surface area contributed by atoms with Crippen molar-refractivity contribution in [2.45, 2.75) is 348 Å². The van der Waals surface area contributed by atoms with Crippen LogP contribution in [0.4, 0.5) is 0 Å². The first-order valence-corrected chi connectivity index (χ1v) is 29.9. The molecule has 6 nitrogen and oxygen atoms in total. The Kier molecular flexibility index (Phi) is 53.0. The van der Waals surface area contributed by atoms with Gasteiger partial charge in [0.25, 0.3) is 0 Å². The van der Waals surface area contributed by atoms with Gasteiger partial charge in [-0.3, -0.25) is 14.4 Å². The molecule has 6 heteroatoms. The lowest BCUT2D eigenvalue weighted by molar-refractivity contribution is -0.167. The van der Waals surface area contributed by atoms with Crippen LogP contribution in [0, 0.1) is 5.92 Å². The zero-order chi connectivity index (χ0) is 48.1. The van der Waals surface area contributed by atoms with E-state index in [9.17, 15) is 14.4 Å². The number of unbranched alkanes of at least 4 members (excludes halogenated alkanes) is 41. The highest BCUT2D eigenvalue weighted by Crippen LogP contribution is 2.19. The van der Waals surface area contributed by atoms with Gasteiger partial charge in [0.2, 0.25) is 0 Å². The SMILES string of the molecule is CCCCCCCCCCCCCCCCCCCCCC(=O)OC[C@@H](COC(=O)CCCCCCCCCCCCCCCCCCC)OC(=O)CCCCCCCCCCC(C)CC. The fraction of sp³-hybridized carbons (Fsp3) is 0.950. The van der Waals surface area contributed by atoms with Gasteiger partial charge in [-0.2, -0.15) is 0 Å². The van der Waals surface area contributed by atoms with E-state index >= 15 is 0 Å². The Balaban J connectivity index is 4.25. The molecule has 0 saturated heterocycles. The second-order valence-corrected chi connectivity index (χ2v) is 20.9. The largest absolute Gasteiger partial charge is 0.462 e. The molecule has 0 fully saturated rings. The van der Waals surface area contributed by atoms with Crippen molar-refractivity contribution in [2.24, 2.45) is 5.92 Å². The maximum Gasteiger partial charge on any atom is 0.306 e. The van der Waals surface area contributed by atoms with Crippen LogP contribution in [-0.4, -0.2) is 37.2 Å². The van der Waals surface area contributed by atoms with Gasteiger partial charge in [-0.15, -0.1) is 0 Å². The summed E-state index contributed by atoms with van der Waals surface area (Å²) in [4.78, 5) is 38.2. The van der Waals surface area contributed by atoms with Crippen LogP contribution < -0.4 is 0 Å². The van der Waals surface area contributed by atoms with Crippen molar-refractivity contribution in [3.8, 4) is 0 Å². The molecule has 66 heavy (non-hydrogen) atoms. The van der Waals surface area contributed by atoms with E-state index in [-0.39, 0.29) is 31.1 Å². The van der Waals surface area contributed by atoms with Gasteiger partial charge >= 0.3 is 17.9 Å². The molecule has 0 aromatic carbocycles. The minimum absolute atomic E-state index is 0.0624. The van der Waals surface area contributed by atoms with E-state index in [4.69, 9.17) is 14.2 Å². The summed E-state index contributed by atoms with van der Waals surface area (Å²) in [6, 6.07) is 0. The van der Waals surface area contributed by atoms with Gasteiger partial charge in [-0.25, -0.2) is 0 Å². The molecule has 0 amide bonds. The summed E-state index contributed by atoms with van der Waals surface area (Å²) in [6.07, 6.45) is 59.5. The number of rotatable bonds is 55. The molecule has 0 N–H and O–H groups in total. The minimum Gasteiger partial charge on any atom is -0.462 e. The summed E-state index contributed by atoms with van der Waals surface area (Å²) >= 11 is 0. The molecular weight excluding hydrogens is 817 g/mol. The molecular formula is C60H116O6. The van der Waals surface area contributed by atoms with Crippen molar-refractivity contribution >= 4 is 17.9 Å². The molecule has 0 aliphatic rings. The number of hydrogen-bond donors (Lipinski definition) is 0. The normalized spacial score (nSPS) is 12.4. The van der Waals surface area contributed by atoms with Gasteiger partial charge in [0.05, 0.1) is 0 Å². The van der Waals surface area contributed by atoms with E-state index in [0.29, 0.717) is 19.3 Å². The van der Waals surface area contributed by atoms with Gasteiger partial charge < -0.3 is 14.2 Å². The van der Waals surface area contributed by atoms with Crippen LogP contribution in [0.1, 0.15) is 342 Å². The molecule has 0 saturated carbocycles. The molecule has 0 aromatic rings. The Morgan fingerprint density at radius 3 is 0.788 bits per heavy atom. The van der Waals surface area contributed by atoms with E-state index in [2.05, 4.69) is 27.7 Å². The summed E-state index contributed by atoms with van der Waals surface area (Å²) in [5, 5.41) is 0. The molecule has 0 bridgehead atoms. The lowest BCUT2D eigenvalue weighted by atomic mass is 9.99. The topological polar surface area (TPSA) is 78.9 Å². The maximum absolute atomic E-state index is 12.8. The van der Waals surface area contributed by atoms with Gasteiger partial charge in [0.15, 0.2) is 6.10 Å². The second kappa shape index (κ2) is 54.4. The van der Waals surface area contributed by atoms with Crippen LogP contribution in [0.15, 0.2) is 0 Å². The molecule has 0 spiro atoms. The highest BCUT2D eigenvalue weighted by Gasteiger charge is 2.19. The number of hydrogen-bond acceptors (Lipinski definition) is 6. The van der Waals surface area contributed by atoms with Gasteiger partial charge in [0, 0.05) is 19.3 Å². The van der Waals surface area contributed by atoms with E-state index in [1.54, 1.807) is 0 Å². The van der Waals surface area contributed by atoms with Gasteiger partial charge in [-0.05, 0) is 25.2 Å². The summed E-state index contributed by atoms with van der Waals surface area (Å²) in [7, 11) is 0. The first kappa shape index (κ1) is 64.4. The van der Waals surface area contributed by atoms with Crippen molar-refractivity contribution < 1.29 is 28.6 Å². The first-order valence-electron chi connectivity index (χ1n) is 29.9. The smallest absolute Gasteiger partial charge is 0.306 e. The highest BCUT2D eigenvalue weighted by atomic mass is 16.6. The van der Waals surface area contributed by atoms with Crippen molar-refractivity contribution in [3.05, 3.63) is 0 Å². The summed E-state index contributed by atoms with van der Waals surface area (Å²) in [5.41, 5.74) is 0.